The third-order valence-corrected chi connectivity index (χ3v) is 3.14. The van der Waals surface area contributed by atoms with Crippen LogP contribution < -0.4 is 15.5 Å². The largest absolute Gasteiger partial charge is 0.493 e. The van der Waals surface area contributed by atoms with Crippen molar-refractivity contribution in [1.82, 2.24) is 10.7 Å². The Morgan fingerprint density at radius 2 is 1.88 bits per heavy atom. The van der Waals surface area contributed by atoms with E-state index in [0.717, 1.165) is 0 Å². The normalized spacial score (nSPS) is 10.5. The highest BCUT2D eigenvalue weighted by Gasteiger charge is 2.11. The van der Waals surface area contributed by atoms with Crippen LogP contribution in [0, 0.1) is 5.82 Å². The number of carbonyl (C=O) groups excluding carboxylic acids is 2. The van der Waals surface area contributed by atoms with Gasteiger partial charge in [0.2, 0.25) is 0 Å². The van der Waals surface area contributed by atoms with Crippen LogP contribution in [-0.4, -0.2) is 31.2 Å². The molecule has 130 valence electrons. The molecule has 0 radical (unpaired) electrons. The number of ether oxygens (including phenoxy) is 1. The molecule has 2 aromatic carbocycles. The van der Waals surface area contributed by atoms with Gasteiger partial charge in [0.1, 0.15) is 11.6 Å². The van der Waals surface area contributed by atoms with Crippen molar-refractivity contribution in [3.8, 4) is 5.75 Å². The molecule has 7 heteroatoms. The Kier molecular flexibility index (Phi) is 6.65. The lowest BCUT2D eigenvalue weighted by molar-refractivity contribution is -0.120. The van der Waals surface area contributed by atoms with E-state index >= 15 is 0 Å². The van der Waals surface area contributed by atoms with Crippen LogP contribution in [0.2, 0.25) is 0 Å². The quantitative estimate of drug-likeness (QED) is 0.597. The molecule has 0 heterocycles. The fraction of sp³-hybridized carbons (Fsp3) is 0.167. The Bertz CT molecular complexity index is 778. The minimum atomic E-state index is -0.668. The van der Waals surface area contributed by atoms with Gasteiger partial charge in [-0.25, -0.2) is 9.82 Å². The molecule has 0 unspecified atom stereocenters. The molecule has 2 amide bonds. The summed E-state index contributed by atoms with van der Waals surface area (Å²) in [4.78, 5) is 23.5. The molecule has 0 spiro atoms. The predicted molar refractivity (Wildman–Crippen MR) is 92.1 cm³/mol. The van der Waals surface area contributed by atoms with Crippen LogP contribution in [-0.2, 0) is 4.79 Å². The van der Waals surface area contributed by atoms with Gasteiger partial charge in [-0.15, -0.1) is 0 Å². The molecule has 25 heavy (non-hydrogen) atoms. The van der Waals surface area contributed by atoms with Crippen molar-refractivity contribution in [3.63, 3.8) is 0 Å². The minimum Gasteiger partial charge on any atom is -0.493 e. The highest BCUT2D eigenvalue weighted by molar-refractivity contribution is 5.96. The van der Waals surface area contributed by atoms with Gasteiger partial charge in [-0.05, 0) is 31.2 Å². The molecular formula is C18H18FN3O3. The Balaban J connectivity index is 1.85. The molecule has 0 aromatic heterocycles. The van der Waals surface area contributed by atoms with Crippen LogP contribution in [0.5, 0.6) is 5.75 Å². The Hall–Kier alpha value is -3.22. The van der Waals surface area contributed by atoms with Crippen LogP contribution in [0.4, 0.5) is 4.39 Å². The van der Waals surface area contributed by atoms with Gasteiger partial charge in [0.15, 0.2) is 0 Å². The molecule has 2 aromatic rings. The summed E-state index contributed by atoms with van der Waals surface area (Å²) in [6, 6.07) is 12.8. The van der Waals surface area contributed by atoms with Crippen LogP contribution in [0.15, 0.2) is 53.6 Å². The van der Waals surface area contributed by atoms with Gasteiger partial charge < -0.3 is 10.1 Å². The third-order valence-electron chi connectivity index (χ3n) is 3.14. The number of amides is 2. The van der Waals surface area contributed by atoms with Gasteiger partial charge in [-0.2, -0.15) is 5.10 Å². The van der Waals surface area contributed by atoms with Crippen molar-refractivity contribution < 1.29 is 18.7 Å². The second-order valence-electron chi connectivity index (χ2n) is 4.93. The summed E-state index contributed by atoms with van der Waals surface area (Å²) in [5.41, 5.74) is 2.88. The number of carbonyl (C=O) groups is 2. The molecule has 0 saturated carbocycles. The zero-order valence-electron chi connectivity index (χ0n) is 13.7. The first-order chi connectivity index (χ1) is 12.1. The first kappa shape index (κ1) is 18.1. The fourth-order valence-electron chi connectivity index (χ4n) is 1.99. The van der Waals surface area contributed by atoms with Gasteiger partial charge in [-0.3, -0.25) is 9.59 Å². The van der Waals surface area contributed by atoms with E-state index in [1.165, 1.54) is 30.5 Å². The number of hydrogen-bond acceptors (Lipinski definition) is 4. The van der Waals surface area contributed by atoms with Gasteiger partial charge in [0, 0.05) is 5.56 Å². The van der Waals surface area contributed by atoms with Crippen molar-refractivity contribution in [2.75, 3.05) is 13.2 Å². The standard InChI is InChI=1S/C18H18FN3O3/c1-2-25-16-10-6-3-7-13(16)11-21-22-17(23)12-20-18(24)14-8-4-5-9-15(14)19/h3-11H,2,12H2,1H3,(H,20,24)(H,22,23)/b21-11-. The SMILES string of the molecule is CCOc1ccccc1/C=N\NC(=O)CNC(=O)c1ccccc1F. The molecule has 0 aliphatic carbocycles. The van der Waals surface area contributed by atoms with E-state index in [-0.39, 0.29) is 12.1 Å². The van der Waals surface area contributed by atoms with E-state index in [1.54, 1.807) is 12.1 Å². The van der Waals surface area contributed by atoms with Crippen molar-refractivity contribution in [1.29, 1.82) is 0 Å². The van der Waals surface area contributed by atoms with E-state index in [2.05, 4.69) is 15.8 Å². The van der Waals surface area contributed by atoms with E-state index in [0.29, 0.717) is 17.9 Å². The Labute approximate surface area is 144 Å². The lowest BCUT2D eigenvalue weighted by atomic mass is 10.2. The second-order valence-corrected chi connectivity index (χ2v) is 4.93. The summed E-state index contributed by atoms with van der Waals surface area (Å²) < 4.78 is 18.9. The van der Waals surface area contributed by atoms with Crippen LogP contribution in [0.25, 0.3) is 0 Å². The number of nitrogens with zero attached hydrogens (tertiary/aromatic N) is 1. The second kappa shape index (κ2) is 9.17. The number of nitrogens with one attached hydrogen (secondary N) is 2. The maximum absolute atomic E-state index is 13.5. The molecule has 0 saturated heterocycles. The zero-order chi connectivity index (χ0) is 18.1. The van der Waals surface area contributed by atoms with Crippen molar-refractivity contribution in [2.45, 2.75) is 6.92 Å². The van der Waals surface area contributed by atoms with Crippen molar-refractivity contribution in [3.05, 3.63) is 65.5 Å². The summed E-state index contributed by atoms with van der Waals surface area (Å²) >= 11 is 0. The molecule has 0 bridgehead atoms. The number of halogens is 1. The smallest absolute Gasteiger partial charge is 0.259 e. The van der Waals surface area contributed by atoms with Crippen LogP contribution in [0.1, 0.15) is 22.8 Å². The minimum absolute atomic E-state index is 0.121. The average Bonchev–Trinajstić information content (AvgIpc) is 2.62. The summed E-state index contributed by atoms with van der Waals surface area (Å²) in [6.07, 6.45) is 1.45. The van der Waals surface area contributed by atoms with Gasteiger partial charge in [-0.1, -0.05) is 24.3 Å². The molecule has 6 nitrogen and oxygen atoms in total. The predicted octanol–water partition coefficient (Wildman–Crippen LogP) is 2.10. The summed E-state index contributed by atoms with van der Waals surface area (Å²) in [7, 11) is 0. The van der Waals surface area contributed by atoms with Crippen molar-refractivity contribution in [2.24, 2.45) is 5.10 Å². The molecule has 0 aliphatic rings. The topological polar surface area (TPSA) is 79.8 Å². The molecule has 0 atom stereocenters. The van der Waals surface area contributed by atoms with Gasteiger partial charge in [0.25, 0.3) is 11.8 Å². The lowest BCUT2D eigenvalue weighted by Gasteiger charge is -2.06. The highest BCUT2D eigenvalue weighted by Crippen LogP contribution is 2.15. The average molecular weight is 343 g/mol. The lowest BCUT2D eigenvalue weighted by Crippen LogP contribution is -2.35. The van der Waals surface area contributed by atoms with E-state index in [1.807, 2.05) is 19.1 Å². The molecule has 2 rings (SSSR count). The monoisotopic (exact) mass is 343 g/mol. The van der Waals surface area contributed by atoms with Crippen LogP contribution in [0.3, 0.4) is 0 Å². The number of benzene rings is 2. The number of rotatable bonds is 7. The number of hydrogen-bond donors (Lipinski definition) is 2. The number of hydrazone groups is 1. The fourth-order valence-corrected chi connectivity index (χ4v) is 1.99. The van der Waals surface area contributed by atoms with E-state index in [9.17, 15) is 14.0 Å². The first-order valence-electron chi connectivity index (χ1n) is 7.68. The molecule has 0 fully saturated rings. The first-order valence-corrected chi connectivity index (χ1v) is 7.68. The summed E-state index contributed by atoms with van der Waals surface area (Å²) in [5, 5.41) is 6.15. The Morgan fingerprint density at radius 1 is 1.16 bits per heavy atom. The summed E-state index contributed by atoms with van der Waals surface area (Å²) in [5.74, 6) is -1.20. The highest BCUT2D eigenvalue weighted by atomic mass is 19.1. The molecule has 0 aliphatic heterocycles. The molecule has 2 N–H and O–H groups in total. The summed E-state index contributed by atoms with van der Waals surface area (Å²) in [6.45, 7) is 2.06. The van der Waals surface area contributed by atoms with E-state index < -0.39 is 17.6 Å². The maximum Gasteiger partial charge on any atom is 0.259 e. The number of para-hydroxylation sites is 1. The van der Waals surface area contributed by atoms with Gasteiger partial charge >= 0.3 is 0 Å². The Morgan fingerprint density at radius 3 is 2.64 bits per heavy atom. The third kappa shape index (κ3) is 5.42. The van der Waals surface area contributed by atoms with E-state index in [4.69, 9.17) is 4.74 Å². The van der Waals surface area contributed by atoms with Gasteiger partial charge in [0.05, 0.1) is 24.9 Å². The molecular weight excluding hydrogens is 325 g/mol. The zero-order valence-corrected chi connectivity index (χ0v) is 13.7. The van der Waals surface area contributed by atoms with Crippen LogP contribution >= 0.6 is 0 Å². The maximum atomic E-state index is 13.5. The van der Waals surface area contributed by atoms with Crippen molar-refractivity contribution >= 4 is 18.0 Å².